The Labute approximate surface area is 96.6 Å². The van der Waals surface area contributed by atoms with Crippen molar-refractivity contribution in [1.82, 2.24) is 9.97 Å². The molecule has 0 fully saturated rings. The highest BCUT2D eigenvalue weighted by molar-refractivity contribution is 5.37. The number of likely N-dealkylation sites (N-methyl/N-ethyl adjacent to an activating group) is 1. The zero-order valence-corrected chi connectivity index (χ0v) is 10.2. The molecule has 0 aliphatic heterocycles. The van der Waals surface area contributed by atoms with E-state index in [9.17, 15) is 0 Å². The molecule has 16 heavy (non-hydrogen) atoms. The first-order chi connectivity index (χ1) is 7.67. The maximum atomic E-state index is 5.88. The zero-order chi connectivity index (χ0) is 12.0. The summed E-state index contributed by atoms with van der Waals surface area (Å²) >= 11 is 0. The third kappa shape index (κ3) is 3.75. The highest BCUT2D eigenvalue weighted by Crippen LogP contribution is 2.09. The van der Waals surface area contributed by atoms with Crippen molar-refractivity contribution in [2.75, 3.05) is 32.2 Å². The Bertz CT molecular complexity index is 319. The van der Waals surface area contributed by atoms with E-state index in [-0.39, 0.29) is 6.04 Å². The van der Waals surface area contributed by atoms with Gasteiger partial charge in [-0.2, -0.15) is 0 Å². The third-order valence-corrected chi connectivity index (χ3v) is 2.35. The molecule has 0 aliphatic carbocycles. The van der Waals surface area contributed by atoms with E-state index in [1.807, 2.05) is 18.0 Å². The lowest BCUT2D eigenvalue weighted by atomic mass is 10.3. The van der Waals surface area contributed by atoms with Crippen molar-refractivity contribution >= 4 is 5.82 Å². The van der Waals surface area contributed by atoms with E-state index in [2.05, 4.69) is 16.9 Å². The summed E-state index contributed by atoms with van der Waals surface area (Å²) in [4.78, 5) is 10.4. The van der Waals surface area contributed by atoms with E-state index >= 15 is 0 Å². The van der Waals surface area contributed by atoms with Crippen molar-refractivity contribution in [1.29, 1.82) is 0 Å². The molecule has 2 N–H and O–H groups in total. The summed E-state index contributed by atoms with van der Waals surface area (Å²) in [6, 6.07) is 1.98. The Morgan fingerprint density at radius 2 is 2.25 bits per heavy atom. The number of nitrogens with two attached hydrogens (primary N) is 1. The van der Waals surface area contributed by atoms with E-state index < -0.39 is 0 Å². The topological polar surface area (TPSA) is 64.3 Å². The second-order valence-corrected chi connectivity index (χ2v) is 3.82. The molecular formula is C11H20N4O. The molecule has 0 amide bonds. The molecule has 0 spiro atoms. The number of anilines is 1. The number of ether oxygens (including phenoxy) is 1. The molecule has 0 saturated carbocycles. The van der Waals surface area contributed by atoms with Crippen LogP contribution in [-0.4, -0.2) is 43.3 Å². The van der Waals surface area contributed by atoms with Crippen molar-refractivity contribution in [3.05, 3.63) is 18.1 Å². The summed E-state index contributed by atoms with van der Waals surface area (Å²) < 4.78 is 5.00. The molecule has 1 aromatic heterocycles. The summed E-state index contributed by atoms with van der Waals surface area (Å²) in [6.45, 7) is 3.34. The second-order valence-electron chi connectivity index (χ2n) is 3.82. The van der Waals surface area contributed by atoms with Crippen LogP contribution in [0.1, 0.15) is 12.6 Å². The van der Waals surface area contributed by atoms with Gasteiger partial charge in [0.05, 0.1) is 6.61 Å². The average Bonchev–Trinajstić information content (AvgIpc) is 2.29. The zero-order valence-electron chi connectivity index (χ0n) is 10.2. The van der Waals surface area contributed by atoms with E-state index in [0.29, 0.717) is 13.2 Å². The molecule has 1 unspecified atom stereocenters. The lowest BCUT2D eigenvalue weighted by Crippen LogP contribution is -2.38. The lowest BCUT2D eigenvalue weighted by molar-refractivity contribution is 0.181. The molecule has 1 atom stereocenters. The standard InChI is InChI=1S/C11H20N4O/c1-4-10-5-11(14-8-13-10)15(2)6-9(12)7-16-3/h5,8-9H,4,6-7,12H2,1-3H3. The first-order valence-corrected chi connectivity index (χ1v) is 5.44. The summed E-state index contributed by atoms with van der Waals surface area (Å²) in [5.74, 6) is 0.901. The molecule has 0 radical (unpaired) electrons. The lowest BCUT2D eigenvalue weighted by Gasteiger charge is -2.22. The highest BCUT2D eigenvalue weighted by Gasteiger charge is 2.08. The van der Waals surface area contributed by atoms with Crippen LogP contribution in [0.15, 0.2) is 12.4 Å². The molecule has 0 bridgehead atoms. The van der Waals surface area contributed by atoms with Crippen molar-refractivity contribution in [2.45, 2.75) is 19.4 Å². The maximum absolute atomic E-state index is 5.88. The van der Waals surface area contributed by atoms with Gasteiger partial charge in [0.15, 0.2) is 0 Å². The highest BCUT2D eigenvalue weighted by atomic mass is 16.5. The van der Waals surface area contributed by atoms with Crippen LogP contribution in [0, 0.1) is 0 Å². The predicted octanol–water partition coefficient (Wildman–Crippen LogP) is 0.449. The largest absolute Gasteiger partial charge is 0.383 e. The van der Waals surface area contributed by atoms with Crippen LogP contribution in [-0.2, 0) is 11.2 Å². The normalized spacial score (nSPS) is 12.5. The van der Waals surface area contributed by atoms with Gasteiger partial charge in [-0.25, -0.2) is 9.97 Å². The molecular weight excluding hydrogens is 204 g/mol. The monoisotopic (exact) mass is 224 g/mol. The maximum Gasteiger partial charge on any atom is 0.131 e. The quantitative estimate of drug-likeness (QED) is 0.760. The fourth-order valence-electron chi connectivity index (χ4n) is 1.50. The Morgan fingerprint density at radius 3 is 2.88 bits per heavy atom. The fourth-order valence-corrected chi connectivity index (χ4v) is 1.50. The number of hydrogen-bond acceptors (Lipinski definition) is 5. The Morgan fingerprint density at radius 1 is 1.50 bits per heavy atom. The van der Waals surface area contributed by atoms with Crippen molar-refractivity contribution < 1.29 is 4.74 Å². The number of hydrogen-bond donors (Lipinski definition) is 1. The second kappa shape index (κ2) is 6.40. The Hall–Kier alpha value is -1.20. The van der Waals surface area contributed by atoms with Gasteiger partial charge in [0, 0.05) is 38.5 Å². The van der Waals surface area contributed by atoms with Crippen LogP contribution >= 0.6 is 0 Å². The van der Waals surface area contributed by atoms with Crippen LogP contribution < -0.4 is 10.6 Å². The SMILES string of the molecule is CCc1cc(N(C)CC(N)COC)ncn1. The minimum atomic E-state index is -0.00459. The minimum absolute atomic E-state index is 0.00459. The molecule has 0 aliphatic rings. The first kappa shape index (κ1) is 12.9. The number of nitrogens with zero attached hydrogens (tertiary/aromatic N) is 3. The molecule has 1 heterocycles. The van der Waals surface area contributed by atoms with Gasteiger partial charge in [-0.1, -0.05) is 6.92 Å². The summed E-state index contributed by atoms with van der Waals surface area (Å²) in [5.41, 5.74) is 6.92. The van der Waals surface area contributed by atoms with Gasteiger partial charge >= 0.3 is 0 Å². The van der Waals surface area contributed by atoms with Crippen molar-refractivity contribution in [3.8, 4) is 0 Å². The smallest absolute Gasteiger partial charge is 0.131 e. The number of aromatic nitrogens is 2. The Kier molecular flexibility index (Phi) is 5.14. The number of aryl methyl sites for hydroxylation is 1. The van der Waals surface area contributed by atoms with Gasteiger partial charge in [0.2, 0.25) is 0 Å². The van der Waals surface area contributed by atoms with Crippen LogP contribution in [0.25, 0.3) is 0 Å². The minimum Gasteiger partial charge on any atom is -0.383 e. The van der Waals surface area contributed by atoms with Crippen LogP contribution in [0.2, 0.25) is 0 Å². The number of methoxy groups -OCH3 is 1. The molecule has 1 aromatic rings. The van der Waals surface area contributed by atoms with Gasteiger partial charge in [-0.15, -0.1) is 0 Å². The van der Waals surface area contributed by atoms with Crippen molar-refractivity contribution in [2.24, 2.45) is 5.73 Å². The van der Waals surface area contributed by atoms with Gasteiger partial charge in [0.1, 0.15) is 12.1 Å². The summed E-state index contributed by atoms with van der Waals surface area (Å²) in [7, 11) is 3.62. The molecule has 5 nitrogen and oxygen atoms in total. The summed E-state index contributed by atoms with van der Waals surface area (Å²) in [5, 5.41) is 0. The van der Waals surface area contributed by atoms with E-state index in [1.54, 1.807) is 13.4 Å². The fraction of sp³-hybridized carbons (Fsp3) is 0.636. The van der Waals surface area contributed by atoms with Gasteiger partial charge < -0.3 is 15.4 Å². The third-order valence-electron chi connectivity index (χ3n) is 2.35. The van der Waals surface area contributed by atoms with E-state index in [0.717, 1.165) is 17.9 Å². The first-order valence-electron chi connectivity index (χ1n) is 5.44. The molecule has 0 saturated heterocycles. The molecule has 0 aromatic carbocycles. The van der Waals surface area contributed by atoms with E-state index in [4.69, 9.17) is 10.5 Å². The van der Waals surface area contributed by atoms with Crippen LogP contribution in [0.5, 0.6) is 0 Å². The van der Waals surface area contributed by atoms with Gasteiger partial charge in [-0.05, 0) is 6.42 Å². The predicted molar refractivity (Wildman–Crippen MR) is 64.5 cm³/mol. The van der Waals surface area contributed by atoms with Crippen molar-refractivity contribution in [3.63, 3.8) is 0 Å². The average molecular weight is 224 g/mol. The van der Waals surface area contributed by atoms with Gasteiger partial charge in [-0.3, -0.25) is 0 Å². The molecule has 90 valence electrons. The Balaban J connectivity index is 2.61. The summed E-state index contributed by atoms with van der Waals surface area (Å²) in [6.07, 6.45) is 2.50. The van der Waals surface area contributed by atoms with Gasteiger partial charge in [0.25, 0.3) is 0 Å². The molecule has 5 heteroatoms. The van der Waals surface area contributed by atoms with Crippen LogP contribution in [0.4, 0.5) is 5.82 Å². The number of rotatable bonds is 6. The van der Waals surface area contributed by atoms with Crippen LogP contribution in [0.3, 0.4) is 0 Å². The molecule has 1 rings (SSSR count). The van der Waals surface area contributed by atoms with E-state index in [1.165, 1.54) is 0 Å².